The average molecular weight is 519 g/mol. The van der Waals surface area contributed by atoms with E-state index in [4.69, 9.17) is 15.1 Å². The minimum absolute atomic E-state index is 0.00594. The van der Waals surface area contributed by atoms with Gasteiger partial charge in [-0.2, -0.15) is 5.10 Å². The predicted molar refractivity (Wildman–Crippen MR) is 147 cm³/mol. The maximum atomic E-state index is 5.10. The van der Waals surface area contributed by atoms with Gasteiger partial charge in [-0.3, -0.25) is 0 Å². The zero-order valence-electron chi connectivity index (χ0n) is 19.3. The number of anilines is 1. The van der Waals surface area contributed by atoms with Crippen LogP contribution in [0.5, 0.6) is 0 Å². The Bertz CT molecular complexity index is 1540. The maximum absolute atomic E-state index is 5.10. The van der Waals surface area contributed by atoms with E-state index in [2.05, 4.69) is 83.5 Å². The number of hydrazone groups is 1. The molecule has 35 heavy (non-hydrogen) atoms. The van der Waals surface area contributed by atoms with Crippen molar-refractivity contribution in [3.05, 3.63) is 124 Å². The number of hydrogen-bond donors (Lipinski definition) is 0. The molecule has 1 aromatic heterocycles. The predicted octanol–water partition coefficient (Wildman–Crippen LogP) is 7.72. The van der Waals surface area contributed by atoms with E-state index in [0.717, 1.165) is 44.3 Å². The summed E-state index contributed by atoms with van der Waals surface area (Å²) in [4.78, 5) is 10.1. The van der Waals surface area contributed by atoms with Crippen molar-refractivity contribution in [2.75, 3.05) is 5.01 Å². The Hall–Kier alpha value is -3.83. The molecular weight excluding hydrogens is 496 g/mol. The highest BCUT2D eigenvalue weighted by atomic mass is 79.9. The van der Waals surface area contributed by atoms with Crippen LogP contribution in [0.3, 0.4) is 0 Å². The summed E-state index contributed by atoms with van der Waals surface area (Å²) >= 11 is 3.64. The first-order chi connectivity index (χ1) is 17.2. The van der Waals surface area contributed by atoms with Gasteiger partial charge in [-0.1, -0.05) is 106 Å². The molecule has 1 aliphatic heterocycles. The molecule has 170 valence electrons. The molecule has 0 fully saturated rings. The summed E-state index contributed by atoms with van der Waals surface area (Å²) in [5, 5.41) is 8.12. The zero-order valence-corrected chi connectivity index (χ0v) is 20.9. The summed E-state index contributed by atoms with van der Waals surface area (Å²) in [5.74, 6) is 0.606. The van der Waals surface area contributed by atoms with Crippen molar-refractivity contribution in [1.82, 2.24) is 9.97 Å². The third kappa shape index (κ3) is 4.24. The molecule has 5 heteroatoms. The van der Waals surface area contributed by atoms with E-state index in [0.29, 0.717) is 5.95 Å². The lowest BCUT2D eigenvalue weighted by atomic mass is 9.98. The van der Waals surface area contributed by atoms with Gasteiger partial charge in [0.25, 0.3) is 0 Å². The van der Waals surface area contributed by atoms with E-state index in [-0.39, 0.29) is 6.04 Å². The largest absolute Gasteiger partial charge is 0.247 e. The Kier molecular flexibility index (Phi) is 5.63. The molecule has 0 spiro atoms. The topological polar surface area (TPSA) is 41.4 Å². The van der Waals surface area contributed by atoms with Crippen LogP contribution in [0.1, 0.15) is 29.2 Å². The summed E-state index contributed by atoms with van der Waals surface area (Å²) in [6, 6.07) is 35.4. The fourth-order valence-corrected chi connectivity index (χ4v) is 4.99. The van der Waals surface area contributed by atoms with Crippen molar-refractivity contribution in [1.29, 1.82) is 0 Å². The van der Waals surface area contributed by atoms with Gasteiger partial charge in [0, 0.05) is 21.8 Å². The Balaban J connectivity index is 1.53. The van der Waals surface area contributed by atoms with Gasteiger partial charge in [-0.15, -0.1) is 0 Å². The molecule has 0 radical (unpaired) electrons. The van der Waals surface area contributed by atoms with Crippen LogP contribution < -0.4 is 5.01 Å². The van der Waals surface area contributed by atoms with Gasteiger partial charge in [-0.05, 0) is 36.2 Å². The molecule has 6 rings (SSSR count). The molecule has 0 saturated carbocycles. The Morgan fingerprint density at radius 3 is 2.34 bits per heavy atom. The van der Waals surface area contributed by atoms with Crippen molar-refractivity contribution in [3.8, 4) is 11.3 Å². The molecule has 0 bridgehead atoms. The van der Waals surface area contributed by atoms with Crippen molar-refractivity contribution < 1.29 is 0 Å². The molecule has 0 N–H and O–H groups in total. The van der Waals surface area contributed by atoms with Crippen LogP contribution in [-0.4, -0.2) is 15.7 Å². The molecule has 4 aromatic carbocycles. The van der Waals surface area contributed by atoms with Crippen LogP contribution in [0.15, 0.2) is 113 Å². The van der Waals surface area contributed by atoms with Crippen LogP contribution in [-0.2, 0) is 0 Å². The smallest absolute Gasteiger partial charge is 0.223 e. The first-order valence-corrected chi connectivity index (χ1v) is 12.5. The number of aromatic nitrogens is 2. The summed E-state index contributed by atoms with van der Waals surface area (Å²) in [5.41, 5.74) is 7.45. The van der Waals surface area contributed by atoms with Crippen LogP contribution in [0.4, 0.5) is 5.95 Å². The normalized spacial score (nSPS) is 15.4. The average Bonchev–Trinajstić information content (AvgIpc) is 3.35. The highest BCUT2D eigenvalue weighted by molar-refractivity contribution is 9.10. The molecular formula is C30H23BrN4. The zero-order chi connectivity index (χ0) is 23.8. The standard InChI is InChI=1S/C30H23BrN4/c1-20-14-16-21(17-15-20)27-19-28(23-10-7-11-24(31)18-23)35(34-27)30-32-26-13-6-5-12-25(26)29(33-30)22-8-3-2-4-9-22/h2-18,28H,19H2,1H3/t28-/m0/s1. The number of nitrogens with zero attached hydrogens (tertiary/aromatic N) is 4. The van der Waals surface area contributed by atoms with Gasteiger partial charge < -0.3 is 0 Å². The van der Waals surface area contributed by atoms with E-state index in [9.17, 15) is 0 Å². The van der Waals surface area contributed by atoms with Gasteiger partial charge in [0.05, 0.1) is 23.0 Å². The lowest BCUT2D eigenvalue weighted by Crippen LogP contribution is -2.21. The molecule has 1 aliphatic rings. The van der Waals surface area contributed by atoms with Crippen LogP contribution in [0.2, 0.25) is 0 Å². The first kappa shape index (κ1) is 21.7. The second-order valence-corrected chi connectivity index (χ2v) is 9.70. The molecule has 4 nitrogen and oxygen atoms in total. The number of halogens is 1. The van der Waals surface area contributed by atoms with Crippen LogP contribution in [0.25, 0.3) is 22.2 Å². The Morgan fingerprint density at radius 2 is 1.54 bits per heavy atom. The van der Waals surface area contributed by atoms with E-state index in [1.165, 1.54) is 11.1 Å². The highest BCUT2D eigenvalue weighted by Gasteiger charge is 2.32. The summed E-state index contributed by atoms with van der Waals surface area (Å²) in [6.45, 7) is 2.10. The van der Waals surface area contributed by atoms with Gasteiger partial charge in [0.1, 0.15) is 0 Å². The second-order valence-electron chi connectivity index (χ2n) is 8.79. The number of hydrogen-bond acceptors (Lipinski definition) is 4. The van der Waals surface area contributed by atoms with Gasteiger partial charge in [0.15, 0.2) is 0 Å². The minimum Gasteiger partial charge on any atom is -0.223 e. The number of rotatable bonds is 4. The molecule has 1 atom stereocenters. The summed E-state index contributed by atoms with van der Waals surface area (Å²) in [6.07, 6.45) is 0.774. The summed E-state index contributed by atoms with van der Waals surface area (Å²) in [7, 11) is 0. The number of benzene rings is 4. The number of aryl methyl sites for hydroxylation is 1. The molecule has 0 aliphatic carbocycles. The van der Waals surface area contributed by atoms with Gasteiger partial charge in [-0.25, -0.2) is 15.0 Å². The third-order valence-electron chi connectivity index (χ3n) is 6.37. The quantitative estimate of drug-likeness (QED) is 0.244. The number of para-hydroxylation sites is 1. The molecule has 5 aromatic rings. The minimum atomic E-state index is -0.00594. The van der Waals surface area contributed by atoms with Crippen LogP contribution in [0, 0.1) is 6.92 Å². The van der Waals surface area contributed by atoms with E-state index < -0.39 is 0 Å². The number of fused-ring (bicyclic) bond motifs is 1. The first-order valence-electron chi connectivity index (χ1n) is 11.7. The molecule has 0 amide bonds. The van der Waals surface area contributed by atoms with Crippen molar-refractivity contribution >= 4 is 38.5 Å². The fourth-order valence-electron chi connectivity index (χ4n) is 4.57. The Morgan fingerprint density at radius 1 is 0.771 bits per heavy atom. The SMILES string of the molecule is Cc1ccc(C2=NN(c3nc(-c4ccccc4)c4ccccc4n3)[C@H](c3cccc(Br)c3)C2)cc1. The fraction of sp³-hybridized carbons (Fsp3) is 0.100. The summed E-state index contributed by atoms with van der Waals surface area (Å²) < 4.78 is 1.04. The van der Waals surface area contributed by atoms with Crippen molar-refractivity contribution in [3.63, 3.8) is 0 Å². The third-order valence-corrected chi connectivity index (χ3v) is 6.87. The molecule has 0 unspecified atom stereocenters. The lowest BCUT2D eigenvalue weighted by molar-refractivity contribution is 0.688. The van der Waals surface area contributed by atoms with Crippen LogP contribution >= 0.6 is 15.9 Å². The molecule has 0 saturated heterocycles. The van der Waals surface area contributed by atoms with E-state index >= 15 is 0 Å². The van der Waals surface area contributed by atoms with Gasteiger partial charge >= 0.3 is 0 Å². The van der Waals surface area contributed by atoms with E-state index in [1.54, 1.807) is 0 Å². The second kappa shape index (κ2) is 9.08. The highest BCUT2D eigenvalue weighted by Crippen LogP contribution is 2.38. The molecule has 2 heterocycles. The van der Waals surface area contributed by atoms with Crippen molar-refractivity contribution in [2.45, 2.75) is 19.4 Å². The van der Waals surface area contributed by atoms with Crippen molar-refractivity contribution in [2.24, 2.45) is 5.10 Å². The maximum Gasteiger partial charge on any atom is 0.247 e. The Labute approximate surface area is 213 Å². The van der Waals surface area contributed by atoms with E-state index in [1.807, 2.05) is 47.5 Å². The lowest BCUT2D eigenvalue weighted by Gasteiger charge is -2.23. The monoisotopic (exact) mass is 518 g/mol. The van der Waals surface area contributed by atoms with Gasteiger partial charge in [0.2, 0.25) is 5.95 Å².